The van der Waals surface area contributed by atoms with E-state index in [0.717, 1.165) is 11.4 Å². The maximum Gasteiger partial charge on any atom is 0.136 e. The summed E-state index contributed by atoms with van der Waals surface area (Å²) in [6, 6.07) is 14.1. The van der Waals surface area contributed by atoms with Crippen LogP contribution in [0.15, 0.2) is 42.5 Å². The van der Waals surface area contributed by atoms with E-state index in [1.165, 1.54) is 7.11 Å². The molecule has 0 aliphatic carbocycles. The van der Waals surface area contributed by atoms with E-state index in [9.17, 15) is 5.11 Å². The Balaban J connectivity index is 2.25. The van der Waals surface area contributed by atoms with Crippen molar-refractivity contribution in [3.05, 3.63) is 48.0 Å². The highest BCUT2D eigenvalue weighted by Crippen LogP contribution is 2.25. The van der Waals surface area contributed by atoms with Crippen LogP contribution >= 0.6 is 0 Å². The van der Waals surface area contributed by atoms with E-state index in [2.05, 4.69) is 11.4 Å². The third kappa shape index (κ3) is 2.53. The Morgan fingerprint density at radius 1 is 1.11 bits per heavy atom. The fourth-order valence-corrected chi connectivity index (χ4v) is 1.58. The van der Waals surface area contributed by atoms with Gasteiger partial charge < -0.3 is 15.2 Å². The molecule has 4 nitrogen and oxygen atoms in total. The molecule has 4 heteroatoms. The zero-order chi connectivity index (χ0) is 13.0. The van der Waals surface area contributed by atoms with Gasteiger partial charge in [-0.05, 0) is 42.5 Å². The average Bonchev–Trinajstić information content (AvgIpc) is 2.41. The molecule has 0 unspecified atom stereocenters. The number of rotatable bonds is 3. The quantitative estimate of drug-likeness (QED) is 0.809. The molecule has 18 heavy (non-hydrogen) atoms. The molecular formula is C14H12N2O2. The standard InChI is InChI=1S/C14H12N2O2/c1-18-14-7-4-12(8-10(14)9-15)16-11-2-5-13(17)6-3-11/h2-8,16-17H,1H3. The Labute approximate surface area is 105 Å². The Morgan fingerprint density at radius 2 is 1.78 bits per heavy atom. The Kier molecular flexibility index (Phi) is 3.35. The molecule has 2 aromatic rings. The summed E-state index contributed by atoms with van der Waals surface area (Å²) < 4.78 is 5.07. The summed E-state index contributed by atoms with van der Waals surface area (Å²) >= 11 is 0. The van der Waals surface area contributed by atoms with Gasteiger partial charge in [0.2, 0.25) is 0 Å². The fraction of sp³-hybridized carbons (Fsp3) is 0.0714. The minimum Gasteiger partial charge on any atom is -0.508 e. The highest BCUT2D eigenvalue weighted by Gasteiger charge is 2.03. The third-order valence-corrected chi connectivity index (χ3v) is 2.48. The summed E-state index contributed by atoms with van der Waals surface area (Å²) in [6.07, 6.45) is 0. The van der Waals surface area contributed by atoms with Gasteiger partial charge in [0.1, 0.15) is 17.6 Å². The summed E-state index contributed by atoms with van der Waals surface area (Å²) in [5.41, 5.74) is 2.10. The Hall–Kier alpha value is -2.67. The molecule has 90 valence electrons. The first-order chi connectivity index (χ1) is 8.72. The molecule has 0 saturated carbocycles. The van der Waals surface area contributed by atoms with Gasteiger partial charge in [-0.15, -0.1) is 0 Å². The summed E-state index contributed by atoms with van der Waals surface area (Å²) in [7, 11) is 1.53. The number of aromatic hydroxyl groups is 1. The molecule has 2 aromatic carbocycles. The molecule has 0 radical (unpaired) electrons. The second-order valence-electron chi connectivity index (χ2n) is 3.70. The van der Waals surface area contributed by atoms with Crippen LogP contribution in [-0.2, 0) is 0 Å². The van der Waals surface area contributed by atoms with Gasteiger partial charge in [0.05, 0.1) is 12.7 Å². The lowest BCUT2D eigenvalue weighted by atomic mass is 10.2. The lowest BCUT2D eigenvalue weighted by Gasteiger charge is -2.08. The van der Waals surface area contributed by atoms with Crippen LogP contribution in [0.3, 0.4) is 0 Å². The molecular weight excluding hydrogens is 228 g/mol. The summed E-state index contributed by atoms with van der Waals surface area (Å²) in [4.78, 5) is 0. The third-order valence-electron chi connectivity index (χ3n) is 2.48. The first-order valence-electron chi connectivity index (χ1n) is 5.37. The molecule has 0 aliphatic heterocycles. The maximum atomic E-state index is 9.19. The topological polar surface area (TPSA) is 65.3 Å². The van der Waals surface area contributed by atoms with Crippen molar-refractivity contribution in [2.45, 2.75) is 0 Å². The number of nitriles is 1. The summed E-state index contributed by atoms with van der Waals surface area (Å²) in [5.74, 6) is 0.766. The number of methoxy groups -OCH3 is 1. The van der Waals surface area contributed by atoms with Gasteiger partial charge in [-0.3, -0.25) is 0 Å². The number of nitrogens with zero attached hydrogens (tertiary/aromatic N) is 1. The predicted molar refractivity (Wildman–Crippen MR) is 69.1 cm³/mol. The van der Waals surface area contributed by atoms with E-state index in [0.29, 0.717) is 11.3 Å². The van der Waals surface area contributed by atoms with Gasteiger partial charge in [0, 0.05) is 11.4 Å². The van der Waals surface area contributed by atoms with Crippen molar-refractivity contribution in [3.63, 3.8) is 0 Å². The lowest BCUT2D eigenvalue weighted by Crippen LogP contribution is -1.93. The molecule has 0 bridgehead atoms. The van der Waals surface area contributed by atoms with E-state index in [1.807, 2.05) is 6.07 Å². The van der Waals surface area contributed by atoms with Gasteiger partial charge >= 0.3 is 0 Å². The zero-order valence-corrected chi connectivity index (χ0v) is 9.84. The molecule has 0 heterocycles. The number of hydrogen-bond donors (Lipinski definition) is 2. The lowest BCUT2D eigenvalue weighted by molar-refractivity contribution is 0.413. The van der Waals surface area contributed by atoms with Gasteiger partial charge in [0.25, 0.3) is 0 Å². The van der Waals surface area contributed by atoms with Crippen LogP contribution in [0.25, 0.3) is 0 Å². The molecule has 0 spiro atoms. The number of ether oxygens (including phenoxy) is 1. The van der Waals surface area contributed by atoms with Crippen molar-refractivity contribution < 1.29 is 9.84 Å². The summed E-state index contributed by atoms with van der Waals surface area (Å²) in [6.45, 7) is 0. The molecule has 0 aromatic heterocycles. The predicted octanol–water partition coefficient (Wildman–Crippen LogP) is 3.02. The monoisotopic (exact) mass is 240 g/mol. The average molecular weight is 240 g/mol. The van der Waals surface area contributed by atoms with Crippen LogP contribution in [-0.4, -0.2) is 12.2 Å². The van der Waals surface area contributed by atoms with Crippen LogP contribution in [0.1, 0.15) is 5.56 Å². The SMILES string of the molecule is COc1ccc(Nc2ccc(O)cc2)cc1C#N. The van der Waals surface area contributed by atoms with Gasteiger partial charge in [-0.1, -0.05) is 0 Å². The van der Waals surface area contributed by atoms with Crippen molar-refractivity contribution >= 4 is 11.4 Å². The molecule has 0 amide bonds. The Bertz CT molecular complexity index is 586. The van der Waals surface area contributed by atoms with Gasteiger partial charge in [-0.2, -0.15) is 5.26 Å². The van der Waals surface area contributed by atoms with Crippen molar-refractivity contribution in [3.8, 4) is 17.6 Å². The molecule has 2 rings (SSSR count). The fourth-order valence-electron chi connectivity index (χ4n) is 1.58. The van der Waals surface area contributed by atoms with E-state index in [1.54, 1.807) is 36.4 Å². The van der Waals surface area contributed by atoms with Gasteiger partial charge in [-0.25, -0.2) is 0 Å². The van der Waals surface area contributed by atoms with Crippen molar-refractivity contribution in [2.75, 3.05) is 12.4 Å². The smallest absolute Gasteiger partial charge is 0.136 e. The van der Waals surface area contributed by atoms with Crippen LogP contribution in [0, 0.1) is 11.3 Å². The second kappa shape index (κ2) is 5.11. The van der Waals surface area contributed by atoms with Crippen LogP contribution in [0.2, 0.25) is 0 Å². The molecule has 0 aliphatic rings. The van der Waals surface area contributed by atoms with E-state index in [-0.39, 0.29) is 5.75 Å². The second-order valence-corrected chi connectivity index (χ2v) is 3.70. The number of phenolic OH excluding ortho intramolecular Hbond substituents is 1. The first kappa shape index (κ1) is 11.8. The van der Waals surface area contributed by atoms with Crippen LogP contribution in [0.4, 0.5) is 11.4 Å². The first-order valence-corrected chi connectivity index (χ1v) is 5.37. The van der Waals surface area contributed by atoms with Crippen LogP contribution in [0.5, 0.6) is 11.5 Å². The number of anilines is 2. The number of benzene rings is 2. The van der Waals surface area contributed by atoms with Gasteiger partial charge in [0.15, 0.2) is 0 Å². The zero-order valence-electron chi connectivity index (χ0n) is 9.84. The van der Waals surface area contributed by atoms with E-state index < -0.39 is 0 Å². The minimum absolute atomic E-state index is 0.216. The summed E-state index contributed by atoms with van der Waals surface area (Å²) in [5, 5.41) is 21.3. The highest BCUT2D eigenvalue weighted by atomic mass is 16.5. The molecule has 0 fully saturated rings. The minimum atomic E-state index is 0.216. The number of nitrogens with one attached hydrogen (secondary N) is 1. The Morgan fingerprint density at radius 3 is 2.39 bits per heavy atom. The van der Waals surface area contributed by atoms with E-state index in [4.69, 9.17) is 10.00 Å². The van der Waals surface area contributed by atoms with Crippen molar-refractivity contribution in [1.82, 2.24) is 0 Å². The molecule has 2 N–H and O–H groups in total. The molecule has 0 saturated heterocycles. The van der Waals surface area contributed by atoms with E-state index >= 15 is 0 Å². The largest absolute Gasteiger partial charge is 0.508 e. The number of hydrogen-bond acceptors (Lipinski definition) is 4. The van der Waals surface area contributed by atoms with Crippen molar-refractivity contribution in [1.29, 1.82) is 5.26 Å². The highest BCUT2D eigenvalue weighted by molar-refractivity contribution is 5.64. The van der Waals surface area contributed by atoms with Crippen molar-refractivity contribution in [2.24, 2.45) is 0 Å². The maximum absolute atomic E-state index is 9.19. The van der Waals surface area contributed by atoms with Crippen LogP contribution < -0.4 is 10.1 Å². The normalized spacial score (nSPS) is 9.56. The number of phenols is 1. The molecule has 0 atom stereocenters.